The standard InChI is InChI=1S/C13H19N3O3/c1-3-15-8-10-6-4-5-7-11(10)19-9(2)12(17)16-13(14)18/h4-7,9,15H,3,8H2,1-2H3,(H3,14,16,17,18). The first-order chi connectivity index (χ1) is 9.04. The Morgan fingerprint density at radius 3 is 2.68 bits per heavy atom. The number of amides is 3. The fourth-order valence-electron chi connectivity index (χ4n) is 1.49. The van der Waals surface area contributed by atoms with Crippen molar-refractivity contribution in [3.8, 4) is 5.75 Å². The van der Waals surface area contributed by atoms with Crippen LogP contribution in [0.4, 0.5) is 4.79 Å². The zero-order chi connectivity index (χ0) is 14.3. The Hall–Kier alpha value is -2.08. The molecule has 4 N–H and O–H groups in total. The lowest BCUT2D eigenvalue weighted by Gasteiger charge is -2.16. The van der Waals surface area contributed by atoms with Crippen molar-refractivity contribution in [2.45, 2.75) is 26.5 Å². The molecule has 1 aromatic rings. The van der Waals surface area contributed by atoms with Gasteiger partial charge >= 0.3 is 6.03 Å². The Labute approximate surface area is 112 Å². The molecule has 0 bridgehead atoms. The number of ether oxygens (including phenoxy) is 1. The number of hydrogen-bond acceptors (Lipinski definition) is 4. The molecule has 0 heterocycles. The van der Waals surface area contributed by atoms with E-state index in [1.165, 1.54) is 0 Å². The van der Waals surface area contributed by atoms with Gasteiger partial charge in [-0.2, -0.15) is 0 Å². The normalized spacial score (nSPS) is 11.7. The van der Waals surface area contributed by atoms with Crippen molar-refractivity contribution >= 4 is 11.9 Å². The molecular weight excluding hydrogens is 246 g/mol. The maximum atomic E-state index is 11.5. The maximum absolute atomic E-state index is 11.5. The topological polar surface area (TPSA) is 93.4 Å². The number of para-hydroxylation sites is 1. The molecule has 104 valence electrons. The zero-order valence-corrected chi connectivity index (χ0v) is 11.1. The molecular formula is C13H19N3O3. The minimum Gasteiger partial charge on any atom is -0.481 e. The summed E-state index contributed by atoms with van der Waals surface area (Å²) in [5.41, 5.74) is 5.83. The second-order valence-corrected chi connectivity index (χ2v) is 4.00. The highest BCUT2D eigenvalue weighted by Gasteiger charge is 2.17. The third-order valence-electron chi connectivity index (χ3n) is 2.46. The lowest BCUT2D eigenvalue weighted by molar-refractivity contribution is -0.126. The van der Waals surface area contributed by atoms with E-state index in [0.29, 0.717) is 12.3 Å². The molecule has 0 fully saturated rings. The van der Waals surface area contributed by atoms with Crippen LogP contribution in [-0.4, -0.2) is 24.6 Å². The van der Waals surface area contributed by atoms with Gasteiger partial charge in [0, 0.05) is 12.1 Å². The Balaban J connectivity index is 2.70. The van der Waals surface area contributed by atoms with Gasteiger partial charge in [-0.3, -0.25) is 10.1 Å². The van der Waals surface area contributed by atoms with E-state index >= 15 is 0 Å². The Bertz CT molecular complexity index is 449. The third kappa shape index (κ3) is 4.97. The molecule has 0 aliphatic heterocycles. The molecule has 0 saturated carbocycles. The summed E-state index contributed by atoms with van der Waals surface area (Å²) in [5.74, 6) is 0.0429. The number of hydrogen-bond donors (Lipinski definition) is 3. The molecule has 1 aromatic carbocycles. The number of benzene rings is 1. The number of carbonyl (C=O) groups excluding carboxylic acids is 2. The molecule has 0 saturated heterocycles. The van der Waals surface area contributed by atoms with Gasteiger partial charge in [0.25, 0.3) is 5.91 Å². The Morgan fingerprint density at radius 2 is 2.05 bits per heavy atom. The van der Waals surface area contributed by atoms with E-state index in [9.17, 15) is 9.59 Å². The van der Waals surface area contributed by atoms with E-state index in [1.807, 2.05) is 30.4 Å². The summed E-state index contributed by atoms with van der Waals surface area (Å²) in [4.78, 5) is 22.1. The Morgan fingerprint density at radius 1 is 1.37 bits per heavy atom. The Kier molecular flexibility index (Phi) is 5.81. The molecule has 1 rings (SSSR count). The number of carbonyl (C=O) groups is 2. The van der Waals surface area contributed by atoms with Crippen LogP contribution in [0, 0.1) is 0 Å². The second kappa shape index (κ2) is 7.38. The predicted octanol–water partition coefficient (Wildman–Crippen LogP) is 0.758. The minimum atomic E-state index is -0.888. The van der Waals surface area contributed by atoms with Crippen molar-refractivity contribution in [1.82, 2.24) is 10.6 Å². The predicted molar refractivity (Wildman–Crippen MR) is 71.6 cm³/mol. The number of nitrogens with two attached hydrogens (primary N) is 1. The minimum absolute atomic E-state index is 0.564. The lowest BCUT2D eigenvalue weighted by atomic mass is 10.2. The number of nitrogens with one attached hydrogen (secondary N) is 2. The average molecular weight is 265 g/mol. The van der Waals surface area contributed by atoms with E-state index in [0.717, 1.165) is 12.1 Å². The van der Waals surface area contributed by atoms with Crippen LogP contribution in [0.3, 0.4) is 0 Å². The molecule has 0 spiro atoms. The molecule has 0 radical (unpaired) electrons. The summed E-state index contributed by atoms with van der Waals surface area (Å²) in [6.07, 6.45) is -0.796. The lowest BCUT2D eigenvalue weighted by Crippen LogP contribution is -2.42. The second-order valence-electron chi connectivity index (χ2n) is 4.00. The monoisotopic (exact) mass is 265 g/mol. The number of primary amides is 1. The fourth-order valence-corrected chi connectivity index (χ4v) is 1.49. The van der Waals surface area contributed by atoms with Gasteiger partial charge in [-0.15, -0.1) is 0 Å². The number of imide groups is 1. The molecule has 0 aromatic heterocycles. The first-order valence-corrected chi connectivity index (χ1v) is 6.10. The fraction of sp³-hybridized carbons (Fsp3) is 0.385. The van der Waals surface area contributed by atoms with E-state index in [4.69, 9.17) is 10.5 Å². The van der Waals surface area contributed by atoms with E-state index in [1.54, 1.807) is 13.0 Å². The molecule has 6 nitrogen and oxygen atoms in total. The summed E-state index contributed by atoms with van der Waals surface area (Å²) in [6.45, 7) is 5.05. The first kappa shape index (κ1) is 15.0. The van der Waals surface area contributed by atoms with E-state index in [-0.39, 0.29) is 0 Å². The smallest absolute Gasteiger partial charge is 0.318 e. The van der Waals surface area contributed by atoms with Crippen LogP contribution in [0.25, 0.3) is 0 Å². The van der Waals surface area contributed by atoms with Crippen LogP contribution in [0.15, 0.2) is 24.3 Å². The zero-order valence-electron chi connectivity index (χ0n) is 11.1. The highest BCUT2D eigenvalue weighted by Crippen LogP contribution is 2.19. The third-order valence-corrected chi connectivity index (χ3v) is 2.46. The number of urea groups is 1. The molecule has 0 aliphatic carbocycles. The van der Waals surface area contributed by atoms with Gasteiger partial charge in [-0.25, -0.2) is 4.79 Å². The van der Waals surface area contributed by atoms with Crippen LogP contribution < -0.4 is 21.1 Å². The van der Waals surface area contributed by atoms with Gasteiger partial charge in [0.1, 0.15) is 5.75 Å². The largest absolute Gasteiger partial charge is 0.481 e. The SMILES string of the molecule is CCNCc1ccccc1OC(C)C(=O)NC(N)=O. The van der Waals surface area contributed by atoms with Gasteiger partial charge in [0.05, 0.1) is 0 Å². The summed E-state index contributed by atoms with van der Waals surface area (Å²) < 4.78 is 5.55. The van der Waals surface area contributed by atoms with Crippen LogP contribution in [0.2, 0.25) is 0 Å². The quantitative estimate of drug-likeness (QED) is 0.708. The average Bonchev–Trinajstić information content (AvgIpc) is 2.36. The molecule has 3 amide bonds. The van der Waals surface area contributed by atoms with Gasteiger partial charge in [-0.1, -0.05) is 25.1 Å². The molecule has 0 aliphatic rings. The van der Waals surface area contributed by atoms with Crippen LogP contribution >= 0.6 is 0 Å². The molecule has 6 heteroatoms. The van der Waals surface area contributed by atoms with Crippen molar-refractivity contribution in [3.63, 3.8) is 0 Å². The molecule has 19 heavy (non-hydrogen) atoms. The summed E-state index contributed by atoms with van der Waals surface area (Å²) in [5, 5.41) is 5.17. The summed E-state index contributed by atoms with van der Waals surface area (Å²) in [6, 6.07) is 6.52. The van der Waals surface area contributed by atoms with E-state index < -0.39 is 18.0 Å². The van der Waals surface area contributed by atoms with Gasteiger partial charge in [0.2, 0.25) is 0 Å². The highest BCUT2D eigenvalue weighted by atomic mass is 16.5. The van der Waals surface area contributed by atoms with Gasteiger partial charge in [-0.05, 0) is 19.5 Å². The van der Waals surface area contributed by atoms with Crippen molar-refractivity contribution in [2.24, 2.45) is 5.73 Å². The van der Waals surface area contributed by atoms with Gasteiger partial charge < -0.3 is 15.8 Å². The van der Waals surface area contributed by atoms with Gasteiger partial charge in [0.15, 0.2) is 6.10 Å². The molecule has 1 atom stereocenters. The van der Waals surface area contributed by atoms with Crippen molar-refractivity contribution in [1.29, 1.82) is 0 Å². The maximum Gasteiger partial charge on any atom is 0.318 e. The van der Waals surface area contributed by atoms with Crippen LogP contribution in [-0.2, 0) is 11.3 Å². The summed E-state index contributed by atoms with van der Waals surface area (Å²) >= 11 is 0. The molecule has 1 unspecified atom stereocenters. The van der Waals surface area contributed by atoms with Crippen molar-refractivity contribution < 1.29 is 14.3 Å². The van der Waals surface area contributed by atoms with Crippen molar-refractivity contribution in [2.75, 3.05) is 6.54 Å². The van der Waals surface area contributed by atoms with Crippen molar-refractivity contribution in [3.05, 3.63) is 29.8 Å². The number of rotatable bonds is 6. The summed E-state index contributed by atoms with van der Waals surface area (Å²) in [7, 11) is 0. The van der Waals surface area contributed by atoms with E-state index in [2.05, 4.69) is 5.32 Å². The van der Waals surface area contributed by atoms with Crippen LogP contribution in [0.5, 0.6) is 5.75 Å². The first-order valence-electron chi connectivity index (χ1n) is 6.10. The van der Waals surface area contributed by atoms with Crippen LogP contribution in [0.1, 0.15) is 19.4 Å². The highest BCUT2D eigenvalue weighted by molar-refractivity contribution is 5.95.